The van der Waals surface area contributed by atoms with Crippen LogP contribution in [0, 0.1) is 0 Å². The lowest BCUT2D eigenvalue weighted by molar-refractivity contribution is 0.0975. The quantitative estimate of drug-likeness (QED) is 0.916. The Morgan fingerprint density at radius 2 is 1.64 bits per heavy atom. The van der Waals surface area contributed by atoms with E-state index in [4.69, 9.17) is 4.74 Å². The average molecular weight is 345 g/mol. The van der Waals surface area contributed by atoms with E-state index in [0.29, 0.717) is 32.2 Å². The smallest absolute Gasteiger partial charge is 0.410 e. The molecule has 1 aromatic carbocycles. The molecule has 2 fully saturated rings. The van der Waals surface area contributed by atoms with Gasteiger partial charge < -0.3 is 19.9 Å². The van der Waals surface area contributed by atoms with Gasteiger partial charge in [-0.1, -0.05) is 43.2 Å². The number of benzene rings is 1. The normalized spacial score (nSPS) is 18.7. The van der Waals surface area contributed by atoms with E-state index in [1.54, 1.807) is 4.90 Å². The number of hydrogen-bond donors (Lipinski definition) is 1. The van der Waals surface area contributed by atoms with Crippen LogP contribution in [-0.2, 0) is 11.3 Å². The van der Waals surface area contributed by atoms with Gasteiger partial charge in [-0.2, -0.15) is 0 Å². The van der Waals surface area contributed by atoms with Crippen LogP contribution in [0.2, 0.25) is 0 Å². The Morgan fingerprint density at radius 1 is 0.960 bits per heavy atom. The molecule has 1 saturated carbocycles. The number of urea groups is 1. The minimum absolute atomic E-state index is 0.00593. The van der Waals surface area contributed by atoms with Crippen molar-refractivity contribution < 1.29 is 14.3 Å². The molecule has 6 nitrogen and oxygen atoms in total. The maximum absolute atomic E-state index is 12.4. The van der Waals surface area contributed by atoms with Crippen LogP contribution < -0.4 is 5.32 Å². The second kappa shape index (κ2) is 8.74. The van der Waals surface area contributed by atoms with Crippen molar-refractivity contribution >= 4 is 12.1 Å². The van der Waals surface area contributed by atoms with Crippen molar-refractivity contribution in [3.63, 3.8) is 0 Å². The van der Waals surface area contributed by atoms with Crippen LogP contribution in [0.4, 0.5) is 9.59 Å². The van der Waals surface area contributed by atoms with Gasteiger partial charge in [0.2, 0.25) is 0 Å². The Labute approximate surface area is 149 Å². The van der Waals surface area contributed by atoms with Gasteiger partial charge in [0.1, 0.15) is 6.61 Å². The molecule has 3 rings (SSSR count). The predicted molar refractivity (Wildman–Crippen MR) is 95.2 cm³/mol. The minimum Gasteiger partial charge on any atom is -0.445 e. The highest BCUT2D eigenvalue weighted by Gasteiger charge is 2.25. The highest BCUT2D eigenvalue weighted by Crippen LogP contribution is 2.18. The molecule has 0 unspecified atom stereocenters. The average Bonchev–Trinajstić information content (AvgIpc) is 3.01. The van der Waals surface area contributed by atoms with Crippen LogP contribution in [0.5, 0.6) is 0 Å². The van der Waals surface area contributed by atoms with Gasteiger partial charge in [-0.15, -0.1) is 0 Å². The van der Waals surface area contributed by atoms with Crippen molar-refractivity contribution in [3.05, 3.63) is 35.9 Å². The van der Waals surface area contributed by atoms with Crippen molar-refractivity contribution in [2.24, 2.45) is 0 Å². The number of ether oxygens (including phenoxy) is 1. The molecule has 0 spiro atoms. The lowest BCUT2D eigenvalue weighted by Crippen LogP contribution is -2.45. The van der Waals surface area contributed by atoms with Gasteiger partial charge in [-0.05, 0) is 24.8 Å². The fourth-order valence-electron chi connectivity index (χ4n) is 3.45. The van der Waals surface area contributed by atoms with Crippen LogP contribution in [0.25, 0.3) is 0 Å². The van der Waals surface area contributed by atoms with Gasteiger partial charge >= 0.3 is 12.1 Å². The highest BCUT2D eigenvalue weighted by atomic mass is 16.6. The molecule has 2 aliphatic rings. The Morgan fingerprint density at radius 3 is 2.40 bits per heavy atom. The number of nitrogens with one attached hydrogen (secondary N) is 1. The summed E-state index contributed by atoms with van der Waals surface area (Å²) in [5, 5.41) is 3.12. The third kappa shape index (κ3) is 5.11. The van der Waals surface area contributed by atoms with Crippen LogP contribution in [0.1, 0.15) is 37.7 Å². The highest BCUT2D eigenvalue weighted by molar-refractivity contribution is 5.75. The van der Waals surface area contributed by atoms with Crippen molar-refractivity contribution in [3.8, 4) is 0 Å². The van der Waals surface area contributed by atoms with Crippen LogP contribution in [0.3, 0.4) is 0 Å². The molecule has 0 radical (unpaired) electrons. The summed E-state index contributed by atoms with van der Waals surface area (Å²) in [7, 11) is 0. The molecule has 1 aromatic rings. The maximum Gasteiger partial charge on any atom is 0.410 e. The first kappa shape index (κ1) is 17.6. The summed E-state index contributed by atoms with van der Waals surface area (Å²) in [5.74, 6) is 0. The monoisotopic (exact) mass is 345 g/mol. The molecule has 6 heteroatoms. The van der Waals surface area contributed by atoms with E-state index in [1.807, 2.05) is 35.2 Å². The summed E-state index contributed by atoms with van der Waals surface area (Å²) in [6, 6.07) is 9.99. The lowest BCUT2D eigenvalue weighted by atomic mass is 10.2. The standard InChI is InChI=1S/C19H27N3O3/c23-18(20-17-9-4-5-10-17)21-11-6-12-22(14-13-21)19(24)25-15-16-7-2-1-3-8-16/h1-3,7-8,17H,4-6,9-15H2,(H,20,23). The maximum atomic E-state index is 12.4. The third-order valence-corrected chi connectivity index (χ3v) is 4.93. The van der Waals surface area contributed by atoms with Gasteiger partial charge in [-0.25, -0.2) is 9.59 Å². The minimum atomic E-state index is -0.304. The molecule has 0 bridgehead atoms. The van der Waals surface area contributed by atoms with Gasteiger partial charge in [0.05, 0.1) is 0 Å². The number of hydrogen-bond acceptors (Lipinski definition) is 3. The van der Waals surface area contributed by atoms with Crippen LogP contribution in [-0.4, -0.2) is 54.1 Å². The molecule has 1 heterocycles. The number of carbonyl (C=O) groups is 2. The molecule has 1 aliphatic heterocycles. The zero-order valence-corrected chi connectivity index (χ0v) is 14.7. The van der Waals surface area contributed by atoms with E-state index >= 15 is 0 Å². The Bertz CT molecular complexity index is 573. The summed E-state index contributed by atoms with van der Waals surface area (Å²) in [4.78, 5) is 28.2. The molecular weight excluding hydrogens is 318 g/mol. The van der Waals surface area contributed by atoms with Gasteiger partial charge in [0.25, 0.3) is 0 Å². The van der Waals surface area contributed by atoms with Crippen LogP contribution >= 0.6 is 0 Å². The SMILES string of the molecule is O=C(NC1CCCC1)N1CCCN(C(=O)OCc2ccccc2)CC1. The number of rotatable bonds is 3. The first-order chi connectivity index (χ1) is 12.2. The summed E-state index contributed by atoms with van der Waals surface area (Å²) in [6.45, 7) is 2.66. The lowest BCUT2D eigenvalue weighted by Gasteiger charge is -2.24. The van der Waals surface area contributed by atoms with E-state index in [1.165, 1.54) is 12.8 Å². The molecule has 1 aliphatic carbocycles. The van der Waals surface area contributed by atoms with Gasteiger partial charge in [0, 0.05) is 32.2 Å². The second-order valence-electron chi connectivity index (χ2n) is 6.80. The summed E-state index contributed by atoms with van der Waals surface area (Å²) in [5.41, 5.74) is 0.975. The largest absolute Gasteiger partial charge is 0.445 e. The Balaban J connectivity index is 1.44. The molecule has 1 N–H and O–H groups in total. The first-order valence-electron chi connectivity index (χ1n) is 9.23. The predicted octanol–water partition coefficient (Wildman–Crippen LogP) is 2.98. The number of nitrogens with zero attached hydrogens (tertiary/aromatic N) is 2. The second-order valence-corrected chi connectivity index (χ2v) is 6.80. The van der Waals surface area contributed by atoms with E-state index in [-0.39, 0.29) is 18.7 Å². The van der Waals surface area contributed by atoms with Gasteiger partial charge in [-0.3, -0.25) is 0 Å². The van der Waals surface area contributed by atoms with Gasteiger partial charge in [0.15, 0.2) is 0 Å². The summed E-state index contributed by atoms with van der Waals surface area (Å²) in [6.07, 6.45) is 5.04. The summed E-state index contributed by atoms with van der Waals surface area (Å²) >= 11 is 0. The van der Waals surface area contributed by atoms with Crippen LogP contribution in [0.15, 0.2) is 30.3 Å². The molecule has 25 heavy (non-hydrogen) atoms. The third-order valence-electron chi connectivity index (χ3n) is 4.93. The number of amides is 3. The topological polar surface area (TPSA) is 61.9 Å². The zero-order valence-electron chi connectivity index (χ0n) is 14.7. The summed E-state index contributed by atoms with van der Waals surface area (Å²) < 4.78 is 5.39. The van der Waals surface area contributed by atoms with E-state index in [0.717, 1.165) is 24.8 Å². The first-order valence-corrected chi connectivity index (χ1v) is 9.23. The molecule has 1 saturated heterocycles. The van der Waals surface area contributed by atoms with E-state index < -0.39 is 0 Å². The number of carbonyl (C=O) groups excluding carboxylic acids is 2. The zero-order chi connectivity index (χ0) is 17.5. The molecule has 0 atom stereocenters. The fourth-order valence-corrected chi connectivity index (χ4v) is 3.45. The Hall–Kier alpha value is -2.24. The molecule has 0 aromatic heterocycles. The molecule has 3 amide bonds. The Kier molecular flexibility index (Phi) is 6.14. The van der Waals surface area contributed by atoms with Crippen molar-refractivity contribution in [2.75, 3.05) is 26.2 Å². The molecular formula is C19H27N3O3. The fraction of sp³-hybridized carbons (Fsp3) is 0.579. The molecule has 136 valence electrons. The van der Waals surface area contributed by atoms with Crippen molar-refractivity contribution in [2.45, 2.75) is 44.8 Å². The van der Waals surface area contributed by atoms with E-state index in [9.17, 15) is 9.59 Å². The van der Waals surface area contributed by atoms with E-state index in [2.05, 4.69) is 5.32 Å². The van der Waals surface area contributed by atoms with Crippen molar-refractivity contribution in [1.29, 1.82) is 0 Å². The van der Waals surface area contributed by atoms with Crippen molar-refractivity contribution in [1.82, 2.24) is 15.1 Å².